The number of aliphatic hydroxyl groups excluding tert-OH is 1. The van der Waals surface area contributed by atoms with Gasteiger partial charge in [0.2, 0.25) is 0 Å². The average Bonchev–Trinajstić information content (AvgIpc) is 2.70. The van der Waals surface area contributed by atoms with Crippen LogP contribution in [0.2, 0.25) is 0 Å². The summed E-state index contributed by atoms with van der Waals surface area (Å²) >= 11 is 0. The van der Waals surface area contributed by atoms with Gasteiger partial charge in [0.25, 0.3) is 0 Å². The highest BCUT2D eigenvalue weighted by molar-refractivity contribution is 5.29. The molecule has 0 aliphatic carbocycles. The monoisotopic (exact) mass is 250 g/mol. The molecular formula is C14H22N2O2. The molecule has 4 heteroatoms. The van der Waals surface area contributed by atoms with E-state index in [1.54, 1.807) is 7.11 Å². The van der Waals surface area contributed by atoms with E-state index < -0.39 is 0 Å². The van der Waals surface area contributed by atoms with Crippen LogP contribution in [0.5, 0.6) is 5.75 Å². The van der Waals surface area contributed by atoms with Crippen molar-refractivity contribution in [1.29, 1.82) is 0 Å². The van der Waals surface area contributed by atoms with Gasteiger partial charge in [-0.05, 0) is 30.7 Å². The molecule has 1 aliphatic heterocycles. The van der Waals surface area contributed by atoms with Gasteiger partial charge < -0.3 is 15.2 Å². The Bertz CT molecular complexity index is 345. The van der Waals surface area contributed by atoms with Crippen molar-refractivity contribution in [3.8, 4) is 5.75 Å². The highest BCUT2D eigenvalue weighted by atomic mass is 16.5. The molecule has 4 nitrogen and oxygen atoms in total. The molecule has 2 N–H and O–H groups in total. The van der Waals surface area contributed by atoms with Crippen molar-refractivity contribution >= 4 is 0 Å². The SMILES string of the molecule is COc1ccc(C(CO)N2CCCNCC2)cc1. The van der Waals surface area contributed by atoms with Crippen LogP contribution in [0, 0.1) is 0 Å². The Balaban J connectivity index is 2.10. The van der Waals surface area contributed by atoms with Gasteiger partial charge in [-0.25, -0.2) is 0 Å². The Morgan fingerprint density at radius 3 is 2.72 bits per heavy atom. The highest BCUT2D eigenvalue weighted by Crippen LogP contribution is 2.23. The normalized spacial score (nSPS) is 19.2. The van der Waals surface area contributed by atoms with Gasteiger partial charge in [-0.3, -0.25) is 4.90 Å². The molecule has 100 valence electrons. The second-order valence-corrected chi connectivity index (χ2v) is 4.61. The predicted octanol–water partition coefficient (Wildman–Crippen LogP) is 1.02. The van der Waals surface area contributed by atoms with E-state index in [1.165, 1.54) is 0 Å². The number of hydrogen-bond donors (Lipinski definition) is 2. The summed E-state index contributed by atoms with van der Waals surface area (Å²) in [5.41, 5.74) is 1.15. The van der Waals surface area contributed by atoms with Crippen LogP contribution < -0.4 is 10.1 Å². The van der Waals surface area contributed by atoms with E-state index in [4.69, 9.17) is 4.74 Å². The number of hydrogen-bond acceptors (Lipinski definition) is 4. The Hall–Kier alpha value is -1.10. The van der Waals surface area contributed by atoms with E-state index in [2.05, 4.69) is 10.2 Å². The summed E-state index contributed by atoms with van der Waals surface area (Å²) in [7, 11) is 1.67. The van der Waals surface area contributed by atoms with Crippen molar-refractivity contribution in [1.82, 2.24) is 10.2 Å². The lowest BCUT2D eigenvalue weighted by atomic mass is 10.1. The largest absolute Gasteiger partial charge is 0.497 e. The number of nitrogens with one attached hydrogen (secondary N) is 1. The van der Waals surface area contributed by atoms with Crippen LogP contribution in [-0.4, -0.2) is 49.9 Å². The van der Waals surface area contributed by atoms with Crippen LogP contribution in [-0.2, 0) is 0 Å². The first-order chi connectivity index (χ1) is 8.85. The van der Waals surface area contributed by atoms with Crippen molar-refractivity contribution in [2.24, 2.45) is 0 Å². The van der Waals surface area contributed by atoms with Gasteiger partial charge in [-0.2, -0.15) is 0 Å². The zero-order chi connectivity index (χ0) is 12.8. The van der Waals surface area contributed by atoms with E-state index in [0.717, 1.165) is 43.9 Å². The molecule has 0 radical (unpaired) electrons. The molecule has 0 amide bonds. The van der Waals surface area contributed by atoms with Gasteiger partial charge >= 0.3 is 0 Å². The molecule has 0 saturated carbocycles. The molecule has 1 unspecified atom stereocenters. The number of aliphatic hydroxyl groups is 1. The summed E-state index contributed by atoms with van der Waals surface area (Å²) < 4.78 is 5.16. The van der Waals surface area contributed by atoms with Gasteiger partial charge in [0.15, 0.2) is 0 Å². The van der Waals surface area contributed by atoms with Gasteiger partial charge in [-0.15, -0.1) is 0 Å². The first kappa shape index (κ1) is 13.3. The van der Waals surface area contributed by atoms with Crippen LogP contribution in [0.25, 0.3) is 0 Å². The molecule has 18 heavy (non-hydrogen) atoms. The van der Waals surface area contributed by atoms with Crippen molar-refractivity contribution < 1.29 is 9.84 Å². The molecule has 0 aromatic heterocycles. The van der Waals surface area contributed by atoms with E-state index in [0.29, 0.717) is 0 Å². The lowest BCUT2D eigenvalue weighted by Gasteiger charge is -2.29. The van der Waals surface area contributed by atoms with Crippen LogP contribution in [0.4, 0.5) is 0 Å². The second kappa shape index (κ2) is 6.73. The fourth-order valence-corrected chi connectivity index (χ4v) is 2.44. The number of methoxy groups -OCH3 is 1. The summed E-state index contributed by atoms with van der Waals surface area (Å²) in [6.07, 6.45) is 1.13. The third-order valence-electron chi connectivity index (χ3n) is 3.49. The zero-order valence-electron chi connectivity index (χ0n) is 10.9. The van der Waals surface area contributed by atoms with Crippen LogP contribution >= 0.6 is 0 Å². The van der Waals surface area contributed by atoms with Gasteiger partial charge in [0.05, 0.1) is 19.8 Å². The van der Waals surface area contributed by atoms with E-state index in [1.807, 2.05) is 24.3 Å². The van der Waals surface area contributed by atoms with Crippen molar-refractivity contribution in [3.63, 3.8) is 0 Å². The minimum Gasteiger partial charge on any atom is -0.497 e. The predicted molar refractivity (Wildman–Crippen MR) is 71.9 cm³/mol. The summed E-state index contributed by atoms with van der Waals surface area (Å²) in [6, 6.07) is 8.08. The van der Waals surface area contributed by atoms with Crippen LogP contribution in [0.1, 0.15) is 18.0 Å². The third kappa shape index (κ3) is 3.22. The molecule has 1 aromatic rings. The van der Waals surface area contributed by atoms with E-state index in [9.17, 15) is 5.11 Å². The third-order valence-corrected chi connectivity index (χ3v) is 3.49. The van der Waals surface area contributed by atoms with Crippen LogP contribution in [0.3, 0.4) is 0 Å². The van der Waals surface area contributed by atoms with Crippen molar-refractivity contribution in [2.75, 3.05) is 39.9 Å². The van der Waals surface area contributed by atoms with Gasteiger partial charge in [0, 0.05) is 19.6 Å². The second-order valence-electron chi connectivity index (χ2n) is 4.61. The van der Waals surface area contributed by atoms with Gasteiger partial charge in [0.1, 0.15) is 5.75 Å². The topological polar surface area (TPSA) is 44.7 Å². The molecular weight excluding hydrogens is 228 g/mol. The number of benzene rings is 1. The minimum atomic E-state index is 0.0933. The standard InChI is InChI=1S/C14H22N2O2/c1-18-13-5-3-12(4-6-13)14(11-17)16-9-2-7-15-8-10-16/h3-6,14-15,17H,2,7-11H2,1H3. The first-order valence-corrected chi connectivity index (χ1v) is 6.54. The summed E-state index contributed by atoms with van der Waals surface area (Å²) in [4.78, 5) is 2.35. The molecule has 1 aliphatic rings. The fourth-order valence-electron chi connectivity index (χ4n) is 2.44. The fraction of sp³-hybridized carbons (Fsp3) is 0.571. The molecule has 0 bridgehead atoms. The first-order valence-electron chi connectivity index (χ1n) is 6.54. The van der Waals surface area contributed by atoms with Crippen LogP contribution in [0.15, 0.2) is 24.3 Å². The highest BCUT2D eigenvalue weighted by Gasteiger charge is 2.20. The number of ether oxygens (including phenoxy) is 1. The van der Waals surface area contributed by atoms with Crippen molar-refractivity contribution in [3.05, 3.63) is 29.8 Å². The Morgan fingerprint density at radius 1 is 1.28 bits per heavy atom. The summed E-state index contributed by atoms with van der Waals surface area (Å²) in [6.45, 7) is 4.23. The molecule has 2 rings (SSSR count). The van der Waals surface area contributed by atoms with E-state index in [-0.39, 0.29) is 12.6 Å². The molecule has 1 aromatic carbocycles. The molecule has 1 heterocycles. The Kier molecular flexibility index (Phi) is 4.99. The molecule has 0 spiro atoms. The zero-order valence-corrected chi connectivity index (χ0v) is 10.9. The average molecular weight is 250 g/mol. The van der Waals surface area contributed by atoms with Crippen molar-refractivity contribution in [2.45, 2.75) is 12.5 Å². The molecule has 1 fully saturated rings. The maximum atomic E-state index is 9.66. The van der Waals surface area contributed by atoms with Gasteiger partial charge in [-0.1, -0.05) is 12.1 Å². The molecule has 1 saturated heterocycles. The summed E-state index contributed by atoms with van der Waals surface area (Å²) in [5.74, 6) is 0.855. The molecule has 1 atom stereocenters. The number of nitrogens with zero attached hydrogens (tertiary/aromatic N) is 1. The smallest absolute Gasteiger partial charge is 0.118 e. The number of rotatable bonds is 4. The maximum Gasteiger partial charge on any atom is 0.118 e. The maximum absolute atomic E-state index is 9.66. The summed E-state index contributed by atoms with van der Waals surface area (Å²) in [5, 5.41) is 13.0. The van der Waals surface area contributed by atoms with E-state index >= 15 is 0 Å². The lowest BCUT2D eigenvalue weighted by molar-refractivity contribution is 0.130. The lowest BCUT2D eigenvalue weighted by Crippen LogP contribution is -2.34. The quantitative estimate of drug-likeness (QED) is 0.837. The Labute approximate surface area is 109 Å². The minimum absolute atomic E-state index is 0.0933. The Morgan fingerprint density at radius 2 is 2.06 bits per heavy atom.